The van der Waals surface area contributed by atoms with E-state index >= 15 is 0 Å². The molecule has 4 rings (SSSR count). The number of amides is 1. The van der Waals surface area contributed by atoms with Gasteiger partial charge in [-0.3, -0.25) is 19.5 Å². The first-order chi connectivity index (χ1) is 16.5. The smallest absolute Gasteiger partial charge is 0.292 e. The summed E-state index contributed by atoms with van der Waals surface area (Å²) in [5.74, 6) is 0.902. The maximum Gasteiger partial charge on any atom is 0.292 e. The molecular formula is C23H23ClN6O3S. The Balaban J connectivity index is 1.38. The van der Waals surface area contributed by atoms with Crippen molar-refractivity contribution in [2.75, 3.05) is 36.8 Å². The van der Waals surface area contributed by atoms with Crippen molar-refractivity contribution in [1.82, 2.24) is 19.7 Å². The first-order valence-electron chi connectivity index (χ1n) is 10.7. The van der Waals surface area contributed by atoms with Crippen molar-refractivity contribution in [3.63, 3.8) is 0 Å². The Hall–Kier alpha value is -3.37. The van der Waals surface area contributed by atoms with Crippen molar-refractivity contribution < 1.29 is 9.72 Å². The Labute approximate surface area is 206 Å². The predicted octanol–water partition coefficient (Wildman–Crippen LogP) is 4.13. The number of hydrogen-bond donors (Lipinski definition) is 0. The van der Waals surface area contributed by atoms with E-state index in [0.29, 0.717) is 54.4 Å². The number of piperazine rings is 1. The van der Waals surface area contributed by atoms with Gasteiger partial charge in [-0.15, -0.1) is 16.8 Å². The molecule has 1 saturated heterocycles. The fourth-order valence-electron chi connectivity index (χ4n) is 3.80. The first kappa shape index (κ1) is 23.8. The van der Waals surface area contributed by atoms with Crippen LogP contribution in [-0.4, -0.2) is 62.4 Å². The number of nitro groups is 1. The van der Waals surface area contributed by atoms with Gasteiger partial charge in [-0.25, -0.2) is 0 Å². The van der Waals surface area contributed by atoms with Crippen molar-refractivity contribution in [2.24, 2.45) is 0 Å². The minimum Gasteiger partial charge on any atom is -0.362 e. The molecular weight excluding hydrogens is 476 g/mol. The number of para-hydroxylation sites is 2. The van der Waals surface area contributed by atoms with E-state index in [0.717, 1.165) is 5.56 Å². The number of nitro benzene ring substituents is 1. The normalized spacial score (nSPS) is 13.7. The fraction of sp³-hybridized carbons (Fsp3) is 0.261. The van der Waals surface area contributed by atoms with Crippen molar-refractivity contribution in [3.8, 4) is 11.4 Å². The molecule has 0 saturated carbocycles. The molecule has 0 atom stereocenters. The van der Waals surface area contributed by atoms with E-state index in [1.807, 2.05) is 21.6 Å². The molecule has 0 unspecified atom stereocenters. The first-order valence-corrected chi connectivity index (χ1v) is 12.0. The average Bonchev–Trinajstić information content (AvgIpc) is 3.25. The molecule has 11 heteroatoms. The molecule has 1 aliphatic rings. The maximum atomic E-state index is 12.9. The van der Waals surface area contributed by atoms with Gasteiger partial charge < -0.3 is 9.80 Å². The topological polar surface area (TPSA) is 97.4 Å². The van der Waals surface area contributed by atoms with Gasteiger partial charge in [0.05, 0.1) is 10.7 Å². The molecule has 176 valence electrons. The van der Waals surface area contributed by atoms with Crippen LogP contribution in [0.25, 0.3) is 11.4 Å². The summed E-state index contributed by atoms with van der Waals surface area (Å²) in [4.78, 5) is 27.5. The zero-order chi connectivity index (χ0) is 24.1. The summed E-state index contributed by atoms with van der Waals surface area (Å²) in [6, 6.07) is 14.0. The molecule has 2 aromatic carbocycles. The van der Waals surface area contributed by atoms with Gasteiger partial charge in [0.1, 0.15) is 5.69 Å². The van der Waals surface area contributed by atoms with E-state index < -0.39 is 0 Å². The average molecular weight is 499 g/mol. The van der Waals surface area contributed by atoms with E-state index in [9.17, 15) is 14.9 Å². The van der Waals surface area contributed by atoms with Crippen molar-refractivity contribution in [3.05, 3.63) is 76.3 Å². The summed E-state index contributed by atoms with van der Waals surface area (Å²) in [5, 5.41) is 21.2. The van der Waals surface area contributed by atoms with Gasteiger partial charge in [0, 0.05) is 49.4 Å². The van der Waals surface area contributed by atoms with Gasteiger partial charge in [0.25, 0.3) is 5.69 Å². The number of allylic oxidation sites excluding steroid dienone is 1. The lowest BCUT2D eigenvalue weighted by Gasteiger charge is -2.35. The Morgan fingerprint density at radius 3 is 2.50 bits per heavy atom. The highest BCUT2D eigenvalue weighted by Crippen LogP contribution is 2.29. The quantitative estimate of drug-likeness (QED) is 0.199. The Bertz CT molecular complexity index is 1190. The lowest BCUT2D eigenvalue weighted by atomic mass is 10.2. The fourth-order valence-corrected chi connectivity index (χ4v) is 4.78. The summed E-state index contributed by atoms with van der Waals surface area (Å²) in [7, 11) is 0. The third kappa shape index (κ3) is 5.23. The van der Waals surface area contributed by atoms with E-state index in [-0.39, 0.29) is 22.3 Å². The second kappa shape index (κ2) is 10.7. The summed E-state index contributed by atoms with van der Waals surface area (Å²) < 4.78 is 1.92. The van der Waals surface area contributed by atoms with Crippen LogP contribution in [0.1, 0.15) is 0 Å². The monoisotopic (exact) mass is 498 g/mol. The van der Waals surface area contributed by atoms with Crippen molar-refractivity contribution >= 4 is 40.6 Å². The summed E-state index contributed by atoms with van der Waals surface area (Å²) in [6.45, 7) is 6.40. The Morgan fingerprint density at radius 1 is 1.12 bits per heavy atom. The minimum absolute atomic E-state index is 0.00610. The number of anilines is 1. The number of aromatic nitrogens is 3. The Kier molecular flexibility index (Phi) is 7.49. The second-order valence-electron chi connectivity index (χ2n) is 7.61. The molecule has 0 bridgehead atoms. The van der Waals surface area contributed by atoms with Crippen molar-refractivity contribution in [1.29, 1.82) is 0 Å². The molecule has 1 aliphatic heterocycles. The number of carbonyl (C=O) groups excluding carboxylic acids is 1. The van der Waals surface area contributed by atoms with Gasteiger partial charge in [0.15, 0.2) is 11.0 Å². The number of benzene rings is 2. The zero-order valence-corrected chi connectivity index (χ0v) is 19.9. The SMILES string of the molecule is C=CCn1c(SCC(=O)N2CCN(c3ccccc3[N+](=O)[O-])CC2)nnc1-c1ccc(Cl)cc1. The molecule has 3 aromatic rings. The number of nitrogens with zero attached hydrogens (tertiary/aromatic N) is 6. The van der Waals surface area contributed by atoms with Crippen LogP contribution in [0.2, 0.25) is 5.02 Å². The summed E-state index contributed by atoms with van der Waals surface area (Å²) in [6.07, 6.45) is 1.76. The summed E-state index contributed by atoms with van der Waals surface area (Å²) >= 11 is 7.32. The third-order valence-electron chi connectivity index (χ3n) is 5.51. The highest BCUT2D eigenvalue weighted by Gasteiger charge is 2.26. The lowest BCUT2D eigenvalue weighted by Crippen LogP contribution is -2.49. The van der Waals surface area contributed by atoms with Gasteiger partial charge in [-0.05, 0) is 30.3 Å². The standard InChI is InChI=1S/C23H23ClN6O3S/c1-2-11-29-22(17-7-9-18(24)10-8-17)25-26-23(29)34-16-21(31)28-14-12-27(13-15-28)19-5-3-4-6-20(19)30(32)33/h2-10H,1,11-16H2. The van der Waals surface area contributed by atoms with Gasteiger partial charge in [0.2, 0.25) is 5.91 Å². The number of hydrogen-bond acceptors (Lipinski definition) is 7. The molecule has 0 aliphatic carbocycles. The van der Waals surface area contributed by atoms with Gasteiger partial charge in [-0.1, -0.05) is 41.6 Å². The van der Waals surface area contributed by atoms with Gasteiger partial charge in [-0.2, -0.15) is 0 Å². The number of carbonyl (C=O) groups is 1. The Morgan fingerprint density at radius 2 is 1.82 bits per heavy atom. The van der Waals surface area contributed by atoms with Crippen LogP contribution >= 0.6 is 23.4 Å². The maximum absolute atomic E-state index is 12.9. The molecule has 0 N–H and O–H groups in total. The predicted molar refractivity (Wildman–Crippen MR) is 133 cm³/mol. The van der Waals surface area contributed by atoms with Crippen LogP contribution in [0.5, 0.6) is 0 Å². The lowest BCUT2D eigenvalue weighted by molar-refractivity contribution is -0.384. The number of rotatable bonds is 8. The molecule has 0 spiro atoms. The van der Waals surface area contributed by atoms with Gasteiger partial charge >= 0.3 is 0 Å². The van der Waals surface area contributed by atoms with Crippen LogP contribution in [0.4, 0.5) is 11.4 Å². The molecule has 1 fully saturated rings. The summed E-state index contributed by atoms with van der Waals surface area (Å²) in [5.41, 5.74) is 1.54. The van der Waals surface area contributed by atoms with Crippen LogP contribution in [0.3, 0.4) is 0 Å². The van der Waals surface area contributed by atoms with Crippen LogP contribution < -0.4 is 4.90 Å². The third-order valence-corrected chi connectivity index (χ3v) is 6.71. The van der Waals surface area contributed by atoms with E-state index in [2.05, 4.69) is 16.8 Å². The van der Waals surface area contributed by atoms with Crippen molar-refractivity contribution in [2.45, 2.75) is 11.7 Å². The van der Waals surface area contributed by atoms with E-state index in [4.69, 9.17) is 11.6 Å². The molecule has 0 radical (unpaired) electrons. The molecule has 2 heterocycles. The van der Waals surface area contributed by atoms with Crippen LogP contribution in [0.15, 0.2) is 66.3 Å². The van der Waals surface area contributed by atoms with Crippen LogP contribution in [-0.2, 0) is 11.3 Å². The minimum atomic E-state index is -0.374. The number of halogens is 1. The zero-order valence-electron chi connectivity index (χ0n) is 18.3. The highest BCUT2D eigenvalue weighted by atomic mass is 35.5. The molecule has 9 nitrogen and oxygen atoms in total. The van der Waals surface area contributed by atoms with Crippen LogP contribution in [0, 0.1) is 10.1 Å². The van der Waals surface area contributed by atoms with E-state index in [1.165, 1.54) is 17.8 Å². The number of thioether (sulfide) groups is 1. The second-order valence-corrected chi connectivity index (χ2v) is 8.99. The highest BCUT2D eigenvalue weighted by molar-refractivity contribution is 7.99. The molecule has 34 heavy (non-hydrogen) atoms. The largest absolute Gasteiger partial charge is 0.362 e. The molecule has 1 aromatic heterocycles. The molecule has 1 amide bonds. The van der Waals surface area contributed by atoms with E-state index in [1.54, 1.807) is 41.3 Å².